The van der Waals surface area contributed by atoms with E-state index in [9.17, 15) is 4.79 Å². The summed E-state index contributed by atoms with van der Waals surface area (Å²) in [4.78, 5) is 11.6. The topological polar surface area (TPSA) is 35.5 Å². The fourth-order valence-corrected chi connectivity index (χ4v) is 2.30. The van der Waals surface area contributed by atoms with Crippen LogP contribution < -0.4 is 0 Å². The van der Waals surface area contributed by atoms with E-state index in [0.29, 0.717) is 6.61 Å². The highest BCUT2D eigenvalue weighted by atomic mass is 127. The molecule has 0 radical (unpaired) electrons. The first-order valence-corrected chi connectivity index (χ1v) is 6.33. The van der Waals surface area contributed by atoms with Crippen molar-refractivity contribution < 1.29 is 14.3 Å². The molecule has 1 aromatic carbocycles. The van der Waals surface area contributed by atoms with Gasteiger partial charge in [0.2, 0.25) is 0 Å². The molecule has 0 heterocycles. The van der Waals surface area contributed by atoms with Crippen molar-refractivity contribution in [3.05, 3.63) is 35.9 Å². The molecule has 3 nitrogen and oxygen atoms in total. The Labute approximate surface area is 109 Å². The largest absolute Gasteiger partial charge is 0.465 e. The SMILES string of the molecule is CCOC(=O)[C@H](I)[C@H](OC)c1ccccc1. The van der Waals surface area contributed by atoms with Crippen LogP contribution in [0.4, 0.5) is 0 Å². The molecule has 0 amide bonds. The summed E-state index contributed by atoms with van der Waals surface area (Å²) < 4.78 is 10.0. The number of hydrogen-bond acceptors (Lipinski definition) is 3. The molecular weight excluding hydrogens is 319 g/mol. The quantitative estimate of drug-likeness (QED) is 0.472. The molecule has 0 fully saturated rings. The lowest BCUT2D eigenvalue weighted by molar-refractivity contribution is -0.144. The van der Waals surface area contributed by atoms with Crippen molar-refractivity contribution in [2.24, 2.45) is 0 Å². The molecule has 0 spiro atoms. The maximum absolute atomic E-state index is 11.6. The Kier molecular flexibility index (Phi) is 5.76. The van der Waals surface area contributed by atoms with Crippen molar-refractivity contribution >= 4 is 28.6 Å². The molecule has 88 valence electrons. The molecule has 0 saturated heterocycles. The fraction of sp³-hybridized carbons (Fsp3) is 0.417. The summed E-state index contributed by atoms with van der Waals surface area (Å²) in [6, 6.07) is 9.67. The van der Waals surface area contributed by atoms with Gasteiger partial charge in [-0.3, -0.25) is 4.79 Å². The zero-order chi connectivity index (χ0) is 12.0. The van der Waals surface area contributed by atoms with Gasteiger partial charge < -0.3 is 9.47 Å². The maximum atomic E-state index is 11.6. The zero-order valence-electron chi connectivity index (χ0n) is 9.35. The molecule has 0 aromatic heterocycles. The van der Waals surface area contributed by atoms with Crippen molar-refractivity contribution in [1.82, 2.24) is 0 Å². The first kappa shape index (κ1) is 13.4. The van der Waals surface area contributed by atoms with Gasteiger partial charge in [0.15, 0.2) is 0 Å². The Morgan fingerprint density at radius 3 is 2.50 bits per heavy atom. The Bertz CT molecular complexity index is 326. The highest BCUT2D eigenvalue weighted by Crippen LogP contribution is 2.26. The van der Waals surface area contributed by atoms with Crippen LogP contribution in [0, 0.1) is 0 Å². The summed E-state index contributed by atoms with van der Waals surface area (Å²) in [5.41, 5.74) is 0.984. The van der Waals surface area contributed by atoms with Gasteiger partial charge in [0, 0.05) is 7.11 Å². The second kappa shape index (κ2) is 6.85. The lowest BCUT2D eigenvalue weighted by Gasteiger charge is -2.20. The van der Waals surface area contributed by atoms with E-state index in [-0.39, 0.29) is 16.0 Å². The predicted molar refractivity (Wildman–Crippen MR) is 70.6 cm³/mol. The number of ether oxygens (including phenoxy) is 2. The van der Waals surface area contributed by atoms with Crippen LogP contribution in [0.15, 0.2) is 30.3 Å². The van der Waals surface area contributed by atoms with Crippen LogP contribution in [0.2, 0.25) is 0 Å². The van der Waals surface area contributed by atoms with Crippen LogP contribution in [0.5, 0.6) is 0 Å². The molecule has 0 aliphatic carbocycles. The number of benzene rings is 1. The number of esters is 1. The number of rotatable bonds is 5. The Morgan fingerprint density at radius 1 is 1.38 bits per heavy atom. The van der Waals surface area contributed by atoms with Gasteiger partial charge >= 0.3 is 5.97 Å². The summed E-state index contributed by atoms with van der Waals surface area (Å²) in [6.45, 7) is 2.19. The van der Waals surface area contributed by atoms with Crippen LogP contribution >= 0.6 is 22.6 Å². The van der Waals surface area contributed by atoms with E-state index in [4.69, 9.17) is 9.47 Å². The molecule has 16 heavy (non-hydrogen) atoms. The standard InChI is InChI=1S/C12H15IO3/c1-3-16-12(14)10(13)11(15-2)9-7-5-4-6-8-9/h4-8,10-11H,3H2,1-2H3/t10-,11-/m1/s1. The smallest absolute Gasteiger partial charge is 0.321 e. The van der Waals surface area contributed by atoms with E-state index in [1.807, 2.05) is 30.3 Å². The van der Waals surface area contributed by atoms with Gasteiger partial charge in [0.05, 0.1) is 6.61 Å². The fourth-order valence-electron chi connectivity index (χ4n) is 1.41. The highest BCUT2D eigenvalue weighted by Gasteiger charge is 2.27. The molecule has 0 unspecified atom stereocenters. The molecule has 0 bridgehead atoms. The van der Waals surface area contributed by atoms with Gasteiger partial charge in [0.1, 0.15) is 10.0 Å². The zero-order valence-corrected chi connectivity index (χ0v) is 11.5. The average Bonchev–Trinajstić information content (AvgIpc) is 2.31. The molecule has 2 atom stereocenters. The first-order valence-electron chi connectivity index (χ1n) is 5.09. The first-order chi connectivity index (χ1) is 7.70. The normalized spacial score (nSPS) is 14.2. The van der Waals surface area contributed by atoms with Crippen LogP contribution in [0.3, 0.4) is 0 Å². The Hall–Kier alpha value is -0.620. The molecule has 4 heteroatoms. The minimum atomic E-state index is -0.329. The molecular formula is C12H15IO3. The predicted octanol–water partition coefficient (Wildman–Crippen LogP) is 2.74. The number of halogens is 1. The molecule has 1 rings (SSSR count). The van der Waals surface area contributed by atoms with Crippen LogP contribution in [-0.4, -0.2) is 23.6 Å². The summed E-state index contributed by atoms with van der Waals surface area (Å²) in [6.07, 6.45) is -0.263. The minimum absolute atomic E-state index is 0.237. The number of methoxy groups -OCH3 is 1. The summed E-state index contributed by atoms with van der Waals surface area (Å²) in [5, 5.41) is 0. The molecule has 1 aromatic rings. The molecule has 0 saturated carbocycles. The lowest BCUT2D eigenvalue weighted by Crippen LogP contribution is -2.25. The van der Waals surface area contributed by atoms with Gasteiger partial charge in [-0.1, -0.05) is 52.9 Å². The van der Waals surface area contributed by atoms with E-state index < -0.39 is 0 Å². The number of hydrogen-bond donors (Lipinski definition) is 0. The van der Waals surface area contributed by atoms with Gasteiger partial charge in [-0.25, -0.2) is 0 Å². The summed E-state index contributed by atoms with van der Waals surface area (Å²) >= 11 is 2.06. The molecule has 0 aliphatic rings. The van der Waals surface area contributed by atoms with Crippen molar-refractivity contribution in [1.29, 1.82) is 0 Å². The van der Waals surface area contributed by atoms with Crippen molar-refractivity contribution in [3.8, 4) is 0 Å². The second-order valence-electron chi connectivity index (χ2n) is 3.22. The Balaban J connectivity index is 2.78. The summed E-state index contributed by atoms with van der Waals surface area (Å²) in [7, 11) is 1.60. The number of carbonyl (C=O) groups is 1. The van der Waals surface area contributed by atoms with Gasteiger partial charge in [-0.05, 0) is 12.5 Å². The van der Waals surface area contributed by atoms with Crippen LogP contribution in [0.1, 0.15) is 18.6 Å². The Morgan fingerprint density at radius 2 is 2.00 bits per heavy atom. The van der Waals surface area contributed by atoms with Crippen molar-refractivity contribution in [3.63, 3.8) is 0 Å². The van der Waals surface area contributed by atoms with Gasteiger partial charge in [-0.15, -0.1) is 0 Å². The third-order valence-corrected chi connectivity index (χ3v) is 3.32. The molecule has 0 aliphatic heterocycles. The third kappa shape index (κ3) is 3.45. The van der Waals surface area contributed by atoms with Gasteiger partial charge in [0.25, 0.3) is 0 Å². The second-order valence-corrected chi connectivity index (χ2v) is 4.56. The van der Waals surface area contributed by atoms with Crippen molar-refractivity contribution in [2.45, 2.75) is 17.0 Å². The minimum Gasteiger partial charge on any atom is -0.465 e. The maximum Gasteiger partial charge on any atom is 0.321 e. The van der Waals surface area contributed by atoms with Gasteiger partial charge in [-0.2, -0.15) is 0 Å². The van der Waals surface area contributed by atoms with E-state index >= 15 is 0 Å². The highest BCUT2D eigenvalue weighted by molar-refractivity contribution is 14.1. The van der Waals surface area contributed by atoms with Crippen LogP contribution in [0.25, 0.3) is 0 Å². The third-order valence-electron chi connectivity index (χ3n) is 2.16. The van der Waals surface area contributed by atoms with Crippen molar-refractivity contribution in [2.75, 3.05) is 13.7 Å². The van der Waals surface area contributed by atoms with E-state index in [2.05, 4.69) is 22.6 Å². The van der Waals surface area contributed by atoms with E-state index in [0.717, 1.165) is 5.56 Å². The molecule has 0 N–H and O–H groups in total. The van der Waals surface area contributed by atoms with Crippen LogP contribution in [-0.2, 0) is 14.3 Å². The summed E-state index contributed by atoms with van der Waals surface area (Å²) in [5.74, 6) is -0.237. The lowest BCUT2D eigenvalue weighted by atomic mass is 10.1. The number of carbonyl (C=O) groups excluding carboxylic acids is 1. The van der Waals surface area contributed by atoms with E-state index in [1.54, 1.807) is 14.0 Å². The monoisotopic (exact) mass is 334 g/mol. The number of alkyl halides is 1. The van der Waals surface area contributed by atoms with E-state index in [1.165, 1.54) is 0 Å². The average molecular weight is 334 g/mol.